The number of carboxylic acids is 1. The highest BCUT2D eigenvalue weighted by Gasteiger charge is 2.43. The molecule has 1 amide bonds. The van der Waals surface area contributed by atoms with Crippen molar-refractivity contribution in [3.63, 3.8) is 0 Å². The van der Waals surface area contributed by atoms with Crippen LogP contribution in [0.5, 0.6) is 0 Å². The summed E-state index contributed by atoms with van der Waals surface area (Å²) >= 11 is 0. The number of hydrogen-bond donors (Lipinski definition) is 3. The van der Waals surface area contributed by atoms with Crippen molar-refractivity contribution in [3.05, 3.63) is 0 Å². The second-order valence-electron chi connectivity index (χ2n) is 5.92. The van der Waals surface area contributed by atoms with E-state index in [0.717, 1.165) is 19.3 Å². The van der Waals surface area contributed by atoms with Crippen LogP contribution in [0, 0.1) is 11.8 Å². The van der Waals surface area contributed by atoms with Crippen LogP contribution >= 0.6 is 0 Å². The maximum Gasteiger partial charge on any atom is 0.326 e. The van der Waals surface area contributed by atoms with Gasteiger partial charge in [-0.15, -0.1) is 0 Å². The number of rotatable bonds is 5. The Balaban J connectivity index is 1.91. The lowest BCUT2D eigenvalue weighted by Gasteiger charge is -2.23. The number of hydrogen-bond acceptors (Lipinski definition) is 3. The lowest BCUT2D eigenvalue weighted by molar-refractivity contribution is -0.143. The van der Waals surface area contributed by atoms with Crippen LogP contribution in [0.1, 0.15) is 39.5 Å². The SMILES string of the molecule is CC(C)C[C@@H](NC(=O)C1CC2CCC1N2)C(=O)O. The minimum atomic E-state index is -0.937. The average molecular weight is 254 g/mol. The molecule has 2 aliphatic heterocycles. The van der Waals surface area contributed by atoms with Crippen LogP contribution in [0.3, 0.4) is 0 Å². The molecule has 0 spiro atoms. The van der Waals surface area contributed by atoms with Crippen molar-refractivity contribution < 1.29 is 14.7 Å². The Bertz CT molecular complexity index is 343. The maximum absolute atomic E-state index is 12.1. The van der Waals surface area contributed by atoms with E-state index in [4.69, 9.17) is 5.11 Å². The van der Waals surface area contributed by atoms with E-state index in [1.807, 2.05) is 13.8 Å². The first-order chi connectivity index (χ1) is 8.47. The monoisotopic (exact) mass is 254 g/mol. The largest absolute Gasteiger partial charge is 0.480 e. The number of carbonyl (C=O) groups is 2. The van der Waals surface area contributed by atoms with Crippen LogP contribution in [-0.4, -0.2) is 35.1 Å². The van der Waals surface area contributed by atoms with Gasteiger partial charge in [-0.1, -0.05) is 13.8 Å². The Labute approximate surface area is 107 Å². The number of amides is 1. The third kappa shape index (κ3) is 2.83. The summed E-state index contributed by atoms with van der Waals surface area (Å²) in [6.45, 7) is 3.92. The number of fused-ring (bicyclic) bond motifs is 2. The van der Waals surface area contributed by atoms with E-state index in [1.165, 1.54) is 0 Å². The van der Waals surface area contributed by atoms with Crippen LogP contribution in [0.4, 0.5) is 0 Å². The van der Waals surface area contributed by atoms with Gasteiger partial charge in [0.25, 0.3) is 0 Å². The van der Waals surface area contributed by atoms with Gasteiger partial charge in [0.15, 0.2) is 0 Å². The first-order valence-electron chi connectivity index (χ1n) is 6.76. The fourth-order valence-electron chi connectivity index (χ4n) is 3.09. The summed E-state index contributed by atoms with van der Waals surface area (Å²) in [7, 11) is 0. The van der Waals surface area contributed by atoms with E-state index in [9.17, 15) is 9.59 Å². The molecule has 0 aromatic heterocycles. The molecule has 0 radical (unpaired) electrons. The molecule has 4 atom stereocenters. The summed E-state index contributed by atoms with van der Waals surface area (Å²) < 4.78 is 0. The molecule has 3 unspecified atom stereocenters. The van der Waals surface area contributed by atoms with Crippen LogP contribution in [0.15, 0.2) is 0 Å². The summed E-state index contributed by atoms with van der Waals surface area (Å²) in [5.74, 6) is -0.821. The predicted octanol–water partition coefficient (Wildman–Crippen LogP) is 0.742. The summed E-state index contributed by atoms with van der Waals surface area (Å²) in [5, 5.41) is 15.2. The quantitative estimate of drug-likeness (QED) is 0.676. The lowest BCUT2D eigenvalue weighted by Crippen LogP contribution is -2.46. The number of aliphatic carboxylic acids is 1. The molecular formula is C13H22N2O3. The smallest absolute Gasteiger partial charge is 0.326 e. The molecule has 102 valence electrons. The normalized spacial score (nSPS) is 31.6. The van der Waals surface area contributed by atoms with Gasteiger partial charge in [0.1, 0.15) is 6.04 Å². The fraction of sp³-hybridized carbons (Fsp3) is 0.846. The zero-order chi connectivity index (χ0) is 13.3. The van der Waals surface area contributed by atoms with Gasteiger partial charge in [0.05, 0.1) is 5.92 Å². The highest BCUT2D eigenvalue weighted by molar-refractivity contribution is 5.85. The molecule has 2 aliphatic rings. The third-order valence-corrected chi connectivity index (χ3v) is 3.96. The molecule has 2 fully saturated rings. The van der Waals surface area contributed by atoms with E-state index in [0.29, 0.717) is 12.5 Å². The second-order valence-corrected chi connectivity index (χ2v) is 5.92. The lowest BCUT2D eigenvalue weighted by atomic mass is 9.88. The Kier molecular flexibility index (Phi) is 3.90. The molecule has 2 heterocycles. The van der Waals surface area contributed by atoms with Crippen LogP contribution in [-0.2, 0) is 9.59 Å². The van der Waals surface area contributed by atoms with E-state index in [1.54, 1.807) is 0 Å². The van der Waals surface area contributed by atoms with Gasteiger partial charge in [-0.25, -0.2) is 4.79 Å². The van der Waals surface area contributed by atoms with Crippen molar-refractivity contribution in [2.24, 2.45) is 11.8 Å². The van der Waals surface area contributed by atoms with Crippen molar-refractivity contribution in [2.75, 3.05) is 0 Å². The summed E-state index contributed by atoms with van der Waals surface area (Å²) in [6, 6.07) is -0.0424. The highest BCUT2D eigenvalue weighted by Crippen LogP contribution is 2.33. The summed E-state index contributed by atoms with van der Waals surface area (Å²) in [6.07, 6.45) is 3.51. The van der Waals surface area contributed by atoms with Crippen molar-refractivity contribution in [1.29, 1.82) is 0 Å². The van der Waals surface area contributed by atoms with Gasteiger partial charge in [0, 0.05) is 12.1 Å². The average Bonchev–Trinajstić information content (AvgIpc) is 2.88. The molecule has 0 saturated carbocycles. The molecule has 5 nitrogen and oxygen atoms in total. The molecule has 3 N–H and O–H groups in total. The van der Waals surface area contributed by atoms with Gasteiger partial charge in [-0.05, 0) is 31.6 Å². The predicted molar refractivity (Wildman–Crippen MR) is 67.1 cm³/mol. The van der Waals surface area contributed by atoms with E-state index < -0.39 is 12.0 Å². The third-order valence-electron chi connectivity index (χ3n) is 3.96. The van der Waals surface area contributed by atoms with Crippen molar-refractivity contribution in [3.8, 4) is 0 Å². The summed E-state index contributed by atoms with van der Waals surface area (Å²) in [4.78, 5) is 23.2. The van der Waals surface area contributed by atoms with Gasteiger partial charge in [-0.3, -0.25) is 4.79 Å². The van der Waals surface area contributed by atoms with E-state index >= 15 is 0 Å². The van der Waals surface area contributed by atoms with E-state index in [2.05, 4.69) is 10.6 Å². The first kappa shape index (κ1) is 13.3. The topological polar surface area (TPSA) is 78.4 Å². The van der Waals surface area contributed by atoms with Crippen molar-refractivity contribution >= 4 is 11.9 Å². The van der Waals surface area contributed by atoms with Gasteiger partial charge in [0.2, 0.25) is 5.91 Å². The molecule has 2 rings (SSSR count). The molecule has 0 aromatic rings. The van der Waals surface area contributed by atoms with E-state index in [-0.39, 0.29) is 23.8 Å². The second kappa shape index (κ2) is 5.26. The molecule has 0 aliphatic carbocycles. The van der Waals surface area contributed by atoms with Crippen LogP contribution < -0.4 is 10.6 Å². The highest BCUT2D eigenvalue weighted by atomic mass is 16.4. The standard InChI is InChI=1S/C13H22N2O3/c1-7(2)5-11(13(17)18)15-12(16)9-6-8-3-4-10(9)14-8/h7-11,14H,3-6H2,1-2H3,(H,15,16)(H,17,18)/t8?,9?,10?,11-/m1/s1. The minimum Gasteiger partial charge on any atom is -0.480 e. The zero-order valence-electron chi connectivity index (χ0n) is 11.0. The zero-order valence-corrected chi connectivity index (χ0v) is 11.0. The van der Waals surface area contributed by atoms with Gasteiger partial charge >= 0.3 is 5.97 Å². The van der Waals surface area contributed by atoms with Gasteiger partial charge in [-0.2, -0.15) is 0 Å². The Hall–Kier alpha value is -1.10. The molecule has 2 bridgehead atoms. The molecule has 0 aromatic carbocycles. The molecule has 18 heavy (non-hydrogen) atoms. The maximum atomic E-state index is 12.1. The summed E-state index contributed by atoms with van der Waals surface area (Å²) in [5.41, 5.74) is 0. The minimum absolute atomic E-state index is 0.0437. The first-order valence-corrected chi connectivity index (χ1v) is 6.76. The molecule has 5 heteroatoms. The van der Waals surface area contributed by atoms with Crippen molar-refractivity contribution in [1.82, 2.24) is 10.6 Å². The van der Waals surface area contributed by atoms with Crippen LogP contribution in [0.2, 0.25) is 0 Å². The number of carbonyl (C=O) groups excluding carboxylic acids is 1. The number of carboxylic acid groups (broad SMARTS) is 1. The Morgan fingerprint density at radius 2 is 2.11 bits per heavy atom. The fourth-order valence-corrected chi connectivity index (χ4v) is 3.09. The molecule has 2 saturated heterocycles. The Morgan fingerprint density at radius 3 is 2.56 bits per heavy atom. The molecular weight excluding hydrogens is 232 g/mol. The van der Waals surface area contributed by atoms with Gasteiger partial charge < -0.3 is 15.7 Å². The number of nitrogens with one attached hydrogen (secondary N) is 2. The van der Waals surface area contributed by atoms with Crippen LogP contribution in [0.25, 0.3) is 0 Å². The van der Waals surface area contributed by atoms with Crippen molar-refractivity contribution in [2.45, 2.75) is 57.7 Å². The Morgan fingerprint density at radius 1 is 1.39 bits per heavy atom.